The molecule has 3 heterocycles. The normalized spacial score (nSPS) is 16.2. The molecular weight excluding hydrogens is 348 g/mol. The van der Waals surface area contributed by atoms with Crippen molar-refractivity contribution >= 4 is 35.2 Å². The van der Waals surface area contributed by atoms with Crippen LogP contribution in [0.1, 0.15) is 25.3 Å². The molecule has 9 heteroatoms. The third kappa shape index (κ3) is 3.51. The molecule has 0 aromatic carbocycles. The molecule has 1 amide bonds. The second-order valence-corrected chi connectivity index (χ2v) is 7.90. The molecule has 0 unspecified atom stereocenters. The van der Waals surface area contributed by atoms with E-state index in [0.29, 0.717) is 28.5 Å². The van der Waals surface area contributed by atoms with Gasteiger partial charge >= 0.3 is 0 Å². The van der Waals surface area contributed by atoms with Gasteiger partial charge in [-0.3, -0.25) is 14.2 Å². The molecule has 3 rings (SSSR count). The number of carbonyl (C=O) groups excluding carboxylic acids is 1. The quantitative estimate of drug-likeness (QED) is 0.641. The first-order chi connectivity index (χ1) is 11.5. The molecule has 7 nitrogen and oxygen atoms in total. The average Bonchev–Trinajstić information content (AvgIpc) is 3.10. The van der Waals surface area contributed by atoms with E-state index < -0.39 is 0 Å². The lowest BCUT2D eigenvalue weighted by molar-refractivity contribution is -0.113. The van der Waals surface area contributed by atoms with Gasteiger partial charge < -0.3 is 9.84 Å². The molecular formula is C15H18N4O3S2. The van der Waals surface area contributed by atoms with Crippen molar-refractivity contribution in [2.45, 2.75) is 49.0 Å². The molecule has 1 N–H and O–H groups in total. The highest BCUT2D eigenvalue weighted by Crippen LogP contribution is 2.34. The molecule has 2 aromatic rings. The number of hydrogen-bond acceptors (Lipinski definition) is 7. The van der Waals surface area contributed by atoms with Crippen LogP contribution in [0.3, 0.4) is 0 Å². The number of hydrogen-bond donors (Lipinski definition) is 1. The van der Waals surface area contributed by atoms with Crippen molar-refractivity contribution in [1.29, 1.82) is 0 Å². The van der Waals surface area contributed by atoms with E-state index in [1.54, 1.807) is 29.3 Å². The predicted molar refractivity (Wildman–Crippen MR) is 93.8 cm³/mol. The summed E-state index contributed by atoms with van der Waals surface area (Å²) in [7, 11) is 0. The lowest BCUT2D eigenvalue weighted by Crippen LogP contribution is -2.25. The minimum Gasteiger partial charge on any atom is -0.360 e. The van der Waals surface area contributed by atoms with Crippen molar-refractivity contribution in [3.8, 4) is 0 Å². The zero-order valence-corrected chi connectivity index (χ0v) is 15.3. The summed E-state index contributed by atoms with van der Waals surface area (Å²) < 4.78 is 6.54. The smallest absolute Gasteiger partial charge is 0.268 e. The van der Waals surface area contributed by atoms with Crippen molar-refractivity contribution in [3.63, 3.8) is 0 Å². The van der Waals surface area contributed by atoms with Crippen LogP contribution in [0.4, 0.5) is 5.82 Å². The van der Waals surface area contributed by atoms with E-state index in [1.807, 2.05) is 6.92 Å². The van der Waals surface area contributed by atoms with Gasteiger partial charge in [-0.15, -0.1) is 11.8 Å². The number of aromatic nitrogens is 3. The van der Waals surface area contributed by atoms with Gasteiger partial charge in [0, 0.05) is 24.3 Å². The van der Waals surface area contributed by atoms with Gasteiger partial charge in [-0.1, -0.05) is 23.8 Å². The molecule has 0 radical (unpaired) electrons. The van der Waals surface area contributed by atoms with Gasteiger partial charge in [0.15, 0.2) is 11.0 Å². The summed E-state index contributed by atoms with van der Waals surface area (Å²) in [5, 5.41) is 7.34. The van der Waals surface area contributed by atoms with Gasteiger partial charge in [-0.25, -0.2) is 4.98 Å². The van der Waals surface area contributed by atoms with Crippen LogP contribution < -0.4 is 10.9 Å². The van der Waals surface area contributed by atoms with Crippen molar-refractivity contribution in [2.75, 3.05) is 11.1 Å². The molecule has 0 saturated carbocycles. The van der Waals surface area contributed by atoms with Crippen LogP contribution >= 0.6 is 23.5 Å². The van der Waals surface area contributed by atoms with Crippen LogP contribution in [0.15, 0.2) is 25.4 Å². The Morgan fingerprint density at radius 1 is 1.58 bits per heavy atom. The van der Waals surface area contributed by atoms with E-state index in [4.69, 9.17) is 4.52 Å². The van der Waals surface area contributed by atoms with Gasteiger partial charge in [-0.05, 0) is 13.8 Å². The summed E-state index contributed by atoms with van der Waals surface area (Å²) in [4.78, 5) is 30.0. The number of rotatable bonds is 5. The highest BCUT2D eigenvalue weighted by atomic mass is 32.2. The Morgan fingerprint density at radius 3 is 3.04 bits per heavy atom. The molecule has 128 valence electrons. The predicted octanol–water partition coefficient (Wildman–Crippen LogP) is 2.33. The van der Waals surface area contributed by atoms with E-state index in [9.17, 15) is 9.59 Å². The summed E-state index contributed by atoms with van der Waals surface area (Å²) in [6.07, 6.45) is 0.789. The summed E-state index contributed by atoms with van der Waals surface area (Å²) >= 11 is 2.84. The first-order valence-electron chi connectivity index (χ1n) is 7.64. The highest BCUT2D eigenvalue weighted by molar-refractivity contribution is 8.00. The monoisotopic (exact) mass is 366 g/mol. The number of nitrogens with zero attached hydrogens (tertiary/aromatic N) is 3. The van der Waals surface area contributed by atoms with Gasteiger partial charge in [0.05, 0.1) is 16.3 Å². The first-order valence-corrected chi connectivity index (χ1v) is 9.50. The maximum absolute atomic E-state index is 12.6. The van der Waals surface area contributed by atoms with Gasteiger partial charge in [-0.2, -0.15) is 0 Å². The largest absolute Gasteiger partial charge is 0.360 e. The van der Waals surface area contributed by atoms with E-state index in [2.05, 4.69) is 22.4 Å². The Hall–Kier alpha value is -1.74. The van der Waals surface area contributed by atoms with E-state index in [0.717, 1.165) is 17.0 Å². The highest BCUT2D eigenvalue weighted by Gasteiger charge is 2.26. The molecule has 0 fully saturated rings. The maximum atomic E-state index is 12.6. The average molecular weight is 366 g/mol. The van der Waals surface area contributed by atoms with Gasteiger partial charge in [0.2, 0.25) is 5.91 Å². The summed E-state index contributed by atoms with van der Waals surface area (Å²) in [6, 6.07) is 1.65. The molecule has 0 bridgehead atoms. The Bertz CT molecular complexity index is 831. The lowest BCUT2D eigenvalue weighted by Gasteiger charge is -2.11. The second kappa shape index (κ2) is 7.02. The van der Waals surface area contributed by atoms with Gasteiger partial charge in [0.25, 0.3) is 5.56 Å². The topological polar surface area (TPSA) is 90.0 Å². The number of fused-ring (bicyclic) bond motifs is 1. The molecule has 2 aromatic heterocycles. The number of thioether (sulfide) groups is 2. The molecule has 0 saturated heterocycles. The summed E-state index contributed by atoms with van der Waals surface area (Å²) in [5.74, 6) is 0.955. The number of amides is 1. The maximum Gasteiger partial charge on any atom is 0.268 e. The fourth-order valence-electron chi connectivity index (χ4n) is 2.45. The van der Waals surface area contributed by atoms with E-state index >= 15 is 0 Å². The van der Waals surface area contributed by atoms with Crippen LogP contribution in [0.25, 0.3) is 0 Å². The molecule has 24 heavy (non-hydrogen) atoms. The molecule has 0 aliphatic carbocycles. The van der Waals surface area contributed by atoms with Crippen molar-refractivity contribution in [2.24, 2.45) is 0 Å². The molecule has 1 atom stereocenters. The summed E-state index contributed by atoms with van der Waals surface area (Å²) in [5.41, 5.74) is 0.837. The van der Waals surface area contributed by atoms with Crippen LogP contribution in [0.5, 0.6) is 0 Å². The summed E-state index contributed by atoms with van der Waals surface area (Å²) in [6.45, 7) is 6.27. The van der Waals surface area contributed by atoms with Gasteiger partial charge in [0.1, 0.15) is 5.76 Å². The third-order valence-corrected chi connectivity index (χ3v) is 5.70. The van der Waals surface area contributed by atoms with Crippen LogP contribution in [-0.2, 0) is 17.8 Å². The first kappa shape index (κ1) is 17.1. The van der Waals surface area contributed by atoms with Crippen molar-refractivity contribution in [3.05, 3.63) is 27.9 Å². The lowest BCUT2D eigenvalue weighted by atomic mass is 10.2. The second-order valence-electron chi connectivity index (χ2n) is 5.51. The van der Waals surface area contributed by atoms with E-state index in [-0.39, 0.29) is 17.2 Å². The fraction of sp³-hybridized carbons (Fsp3) is 0.467. The minimum atomic E-state index is -0.214. The Labute approximate surface area is 147 Å². The van der Waals surface area contributed by atoms with Crippen molar-refractivity contribution < 1.29 is 9.32 Å². The SMILES string of the molecule is CCn1c(SCC(=O)Nc2cc(C)on2)nc2c(c1=O)S[C@@H](C)C2. The number of aryl methyl sites for hydroxylation is 1. The number of nitrogens with one attached hydrogen (secondary N) is 1. The Kier molecular flexibility index (Phi) is 5.00. The Morgan fingerprint density at radius 2 is 2.38 bits per heavy atom. The third-order valence-electron chi connectivity index (χ3n) is 3.51. The van der Waals surface area contributed by atoms with E-state index in [1.165, 1.54) is 11.8 Å². The Balaban J connectivity index is 1.73. The number of anilines is 1. The molecule has 1 aliphatic rings. The zero-order chi connectivity index (χ0) is 17.3. The van der Waals surface area contributed by atoms with Crippen LogP contribution in [0.2, 0.25) is 0 Å². The molecule has 1 aliphatic heterocycles. The number of carbonyl (C=O) groups is 1. The zero-order valence-electron chi connectivity index (χ0n) is 13.7. The minimum absolute atomic E-state index is 0.00751. The van der Waals surface area contributed by atoms with Crippen LogP contribution in [-0.4, -0.2) is 31.6 Å². The standard InChI is InChI=1S/C15H18N4O3S2/c1-4-19-14(21)13-10(6-9(3)24-13)16-15(19)23-7-12(20)17-11-5-8(2)22-18-11/h5,9H,4,6-7H2,1-3H3,(H,17,18,20)/t9-/m0/s1. The molecule has 0 spiro atoms. The van der Waals surface area contributed by atoms with Crippen molar-refractivity contribution in [1.82, 2.24) is 14.7 Å². The fourth-order valence-corrected chi connectivity index (χ4v) is 4.45. The van der Waals surface area contributed by atoms with Crippen LogP contribution in [0, 0.1) is 6.92 Å².